The van der Waals surface area contributed by atoms with Gasteiger partial charge in [0.05, 0.1) is 36.4 Å². The molecule has 8 heteroatoms. The molecule has 0 N–H and O–H groups in total. The Morgan fingerprint density at radius 2 is 2.28 bits per heavy atom. The van der Waals surface area contributed by atoms with Gasteiger partial charge in [-0.15, -0.1) is 16.9 Å². The molecule has 2 aliphatic rings. The number of fused-ring (bicyclic) bond motifs is 3. The highest BCUT2D eigenvalue weighted by atomic mass is 35.5. The molecule has 132 valence electrons. The predicted octanol–water partition coefficient (Wildman–Crippen LogP) is 2.54. The molecule has 1 saturated heterocycles. The Morgan fingerprint density at radius 1 is 1.40 bits per heavy atom. The van der Waals surface area contributed by atoms with E-state index in [9.17, 15) is 4.79 Å². The number of rotatable bonds is 4. The van der Waals surface area contributed by atoms with E-state index in [1.165, 1.54) is 0 Å². The molecule has 1 aromatic heterocycles. The third kappa shape index (κ3) is 3.54. The zero-order chi connectivity index (χ0) is 17.2. The topological polar surface area (TPSA) is 60.3 Å². The van der Waals surface area contributed by atoms with Crippen LogP contribution in [0.1, 0.15) is 23.7 Å². The van der Waals surface area contributed by atoms with Crippen molar-refractivity contribution in [2.24, 2.45) is 0 Å². The molecule has 1 amide bonds. The van der Waals surface area contributed by atoms with E-state index in [-0.39, 0.29) is 18.1 Å². The molecule has 1 aromatic carbocycles. The normalized spacial score (nSPS) is 22.4. The molecule has 0 unspecified atom stereocenters. The minimum absolute atomic E-state index is 0.0671. The van der Waals surface area contributed by atoms with Gasteiger partial charge in [0.25, 0.3) is 0 Å². The molecule has 0 radical (unpaired) electrons. The SMILES string of the molecule is O=C(CSCc1ccccc1Cl)N1CC[C@H]2OCc3cnnn3[C@H]2C1. The van der Waals surface area contributed by atoms with Gasteiger partial charge in [0.2, 0.25) is 5.91 Å². The highest BCUT2D eigenvalue weighted by Gasteiger charge is 2.37. The Morgan fingerprint density at radius 3 is 3.16 bits per heavy atom. The summed E-state index contributed by atoms with van der Waals surface area (Å²) in [5, 5.41) is 8.90. The first-order chi connectivity index (χ1) is 12.2. The average Bonchev–Trinajstić information content (AvgIpc) is 3.12. The van der Waals surface area contributed by atoms with Gasteiger partial charge in [-0.25, -0.2) is 4.68 Å². The average molecular weight is 379 g/mol. The molecule has 4 rings (SSSR count). The summed E-state index contributed by atoms with van der Waals surface area (Å²) in [6.45, 7) is 1.92. The molecular formula is C17H19ClN4O2S. The van der Waals surface area contributed by atoms with Gasteiger partial charge in [0, 0.05) is 23.9 Å². The Kier molecular flexibility index (Phi) is 4.96. The number of benzene rings is 1. The van der Waals surface area contributed by atoms with E-state index in [2.05, 4.69) is 10.3 Å². The summed E-state index contributed by atoms with van der Waals surface area (Å²) in [6, 6.07) is 7.82. The number of hydrogen-bond acceptors (Lipinski definition) is 5. The molecule has 1 fully saturated rings. The number of halogens is 1. The number of ether oxygens (including phenoxy) is 1. The lowest BCUT2D eigenvalue weighted by molar-refractivity contribution is -0.135. The van der Waals surface area contributed by atoms with Crippen LogP contribution in [-0.2, 0) is 21.9 Å². The molecule has 0 aliphatic carbocycles. The van der Waals surface area contributed by atoms with Crippen molar-refractivity contribution in [3.05, 3.63) is 46.7 Å². The highest BCUT2D eigenvalue weighted by Crippen LogP contribution is 2.30. The van der Waals surface area contributed by atoms with E-state index < -0.39 is 0 Å². The first kappa shape index (κ1) is 16.9. The molecule has 0 bridgehead atoms. The molecule has 2 aliphatic heterocycles. The standard InChI is InChI=1S/C17H19ClN4O2S/c18-14-4-2-1-3-12(14)10-25-11-17(23)21-6-5-16-15(8-21)22-13(9-24-16)7-19-20-22/h1-4,7,15-16H,5-6,8-11H2/t15-,16+/m0/s1. The van der Waals surface area contributed by atoms with E-state index in [1.54, 1.807) is 18.0 Å². The second kappa shape index (κ2) is 7.35. The van der Waals surface area contributed by atoms with Crippen LogP contribution >= 0.6 is 23.4 Å². The van der Waals surface area contributed by atoms with Crippen molar-refractivity contribution in [1.82, 2.24) is 19.9 Å². The van der Waals surface area contributed by atoms with Crippen molar-refractivity contribution in [3.63, 3.8) is 0 Å². The van der Waals surface area contributed by atoms with Gasteiger partial charge >= 0.3 is 0 Å². The minimum Gasteiger partial charge on any atom is -0.370 e. The number of carbonyl (C=O) groups excluding carboxylic acids is 1. The smallest absolute Gasteiger partial charge is 0.232 e. The summed E-state index contributed by atoms with van der Waals surface area (Å²) in [7, 11) is 0. The Hall–Kier alpha value is -1.57. The summed E-state index contributed by atoms with van der Waals surface area (Å²) >= 11 is 7.76. The zero-order valence-electron chi connectivity index (χ0n) is 13.7. The molecule has 0 saturated carbocycles. The van der Waals surface area contributed by atoms with Gasteiger partial charge in [-0.3, -0.25) is 4.79 Å². The van der Waals surface area contributed by atoms with E-state index >= 15 is 0 Å². The molecule has 0 spiro atoms. The van der Waals surface area contributed by atoms with Crippen LogP contribution in [0.25, 0.3) is 0 Å². The lowest BCUT2D eigenvalue weighted by atomic mass is 10.0. The number of amides is 1. The van der Waals surface area contributed by atoms with Crippen LogP contribution < -0.4 is 0 Å². The van der Waals surface area contributed by atoms with Crippen LogP contribution in [0.3, 0.4) is 0 Å². The number of carbonyl (C=O) groups is 1. The molecular weight excluding hydrogens is 360 g/mol. The van der Waals surface area contributed by atoms with Crippen molar-refractivity contribution in [2.45, 2.75) is 30.9 Å². The van der Waals surface area contributed by atoms with Crippen LogP contribution in [-0.4, -0.2) is 50.7 Å². The zero-order valence-corrected chi connectivity index (χ0v) is 15.2. The van der Waals surface area contributed by atoms with Crippen LogP contribution in [0.5, 0.6) is 0 Å². The monoisotopic (exact) mass is 378 g/mol. The van der Waals surface area contributed by atoms with Gasteiger partial charge in [0.15, 0.2) is 0 Å². The summed E-state index contributed by atoms with van der Waals surface area (Å²) in [5.74, 6) is 1.35. The number of likely N-dealkylation sites (tertiary alicyclic amines) is 1. The summed E-state index contributed by atoms with van der Waals surface area (Å²) < 4.78 is 7.81. The highest BCUT2D eigenvalue weighted by molar-refractivity contribution is 7.99. The van der Waals surface area contributed by atoms with E-state index in [0.29, 0.717) is 18.9 Å². The minimum atomic E-state index is 0.0671. The second-order valence-corrected chi connectivity index (χ2v) is 7.69. The number of piperidine rings is 1. The number of aromatic nitrogens is 3. The summed E-state index contributed by atoms with van der Waals surface area (Å²) in [6.07, 6.45) is 2.69. The fraction of sp³-hybridized carbons (Fsp3) is 0.471. The maximum absolute atomic E-state index is 12.6. The van der Waals surface area contributed by atoms with Gasteiger partial charge in [-0.05, 0) is 18.1 Å². The second-order valence-electron chi connectivity index (χ2n) is 6.30. The molecule has 6 nitrogen and oxygen atoms in total. The van der Waals surface area contributed by atoms with Gasteiger partial charge in [0.1, 0.15) is 0 Å². The van der Waals surface area contributed by atoms with Gasteiger partial charge in [-0.1, -0.05) is 35.0 Å². The van der Waals surface area contributed by atoms with E-state index in [4.69, 9.17) is 16.3 Å². The van der Waals surface area contributed by atoms with Crippen molar-refractivity contribution in [3.8, 4) is 0 Å². The molecule has 2 aromatic rings. The number of thioether (sulfide) groups is 1. The Bertz CT molecular complexity index is 769. The quantitative estimate of drug-likeness (QED) is 0.818. The molecule has 2 atom stereocenters. The lowest BCUT2D eigenvalue weighted by Crippen LogP contribution is -2.50. The van der Waals surface area contributed by atoms with E-state index in [1.807, 2.05) is 33.8 Å². The maximum atomic E-state index is 12.6. The summed E-state index contributed by atoms with van der Waals surface area (Å²) in [4.78, 5) is 14.5. The maximum Gasteiger partial charge on any atom is 0.232 e. The van der Waals surface area contributed by atoms with Crippen molar-refractivity contribution < 1.29 is 9.53 Å². The van der Waals surface area contributed by atoms with Crippen LogP contribution in [0.4, 0.5) is 0 Å². The molecule has 3 heterocycles. The van der Waals surface area contributed by atoms with Gasteiger partial charge < -0.3 is 9.64 Å². The lowest BCUT2D eigenvalue weighted by Gasteiger charge is -2.41. The first-order valence-corrected chi connectivity index (χ1v) is 9.85. The van der Waals surface area contributed by atoms with Crippen molar-refractivity contribution in [1.29, 1.82) is 0 Å². The fourth-order valence-corrected chi connectivity index (χ4v) is 4.57. The third-order valence-electron chi connectivity index (χ3n) is 4.72. The van der Waals surface area contributed by atoms with Crippen molar-refractivity contribution in [2.75, 3.05) is 18.8 Å². The molecule has 25 heavy (non-hydrogen) atoms. The first-order valence-electron chi connectivity index (χ1n) is 8.32. The number of hydrogen-bond donors (Lipinski definition) is 0. The van der Waals surface area contributed by atoms with Crippen LogP contribution in [0.15, 0.2) is 30.5 Å². The Balaban J connectivity index is 1.34. The van der Waals surface area contributed by atoms with E-state index in [0.717, 1.165) is 35.0 Å². The Labute approximate surface area is 155 Å². The van der Waals surface area contributed by atoms with Gasteiger partial charge in [-0.2, -0.15) is 0 Å². The number of nitrogens with zero attached hydrogens (tertiary/aromatic N) is 4. The third-order valence-corrected chi connectivity index (χ3v) is 6.06. The van der Waals surface area contributed by atoms with Crippen LogP contribution in [0, 0.1) is 0 Å². The van der Waals surface area contributed by atoms with Crippen LogP contribution in [0.2, 0.25) is 5.02 Å². The largest absolute Gasteiger partial charge is 0.370 e. The summed E-state index contributed by atoms with van der Waals surface area (Å²) in [5.41, 5.74) is 2.04. The fourth-order valence-electron chi connectivity index (χ4n) is 3.36. The predicted molar refractivity (Wildman–Crippen MR) is 96.4 cm³/mol. The van der Waals surface area contributed by atoms with Crippen molar-refractivity contribution >= 4 is 29.3 Å².